The first kappa shape index (κ1) is 14.6. The van der Waals surface area contributed by atoms with Gasteiger partial charge in [0.05, 0.1) is 12.2 Å². The van der Waals surface area contributed by atoms with Crippen LogP contribution >= 0.6 is 0 Å². The van der Waals surface area contributed by atoms with E-state index in [0.717, 1.165) is 30.8 Å². The van der Waals surface area contributed by atoms with Gasteiger partial charge in [-0.1, -0.05) is 17.7 Å². The molecular weight excluding hydrogens is 278 g/mol. The molecule has 1 N–H and O–H groups in total. The van der Waals surface area contributed by atoms with Crippen LogP contribution in [0, 0.1) is 6.92 Å². The number of aromatic carboxylic acids is 1. The Kier molecular flexibility index (Phi) is 4.09. The SMILES string of the molecule is Cc1ccc2c(c1)C(CCc1cnccc1C(=O)O)CCO2. The number of aromatic nitrogens is 1. The molecule has 114 valence electrons. The molecule has 1 aliphatic heterocycles. The number of carboxylic acids is 1. The molecule has 1 aromatic heterocycles. The molecule has 1 aliphatic rings. The predicted molar refractivity (Wildman–Crippen MR) is 83.5 cm³/mol. The van der Waals surface area contributed by atoms with Crippen LogP contribution in [0.15, 0.2) is 36.7 Å². The number of carboxylic acid groups (broad SMARTS) is 1. The number of hydrogen-bond donors (Lipinski definition) is 1. The van der Waals surface area contributed by atoms with Gasteiger partial charge in [0.15, 0.2) is 0 Å². The summed E-state index contributed by atoms with van der Waals surface area (Å²) in [7, 11) is 0. The van der Waals surface area contributed by atoms with E-state index in [2.05, 4.69) is 24.0 Å². The van der Waals surface area contributed by atoms with Crippen LogP contribution in [0.3, 0.4) is 0 Å². The Labute approximate surface area is 129 Å². The van der Waals surface area contributed by atoms with Gasteiger partial charge in [-0.15, -0.1) is 0 Å². The molecule has 0 spiro atoms. The fourth-order valence-electron chi connectivity index (χ4n) is 3.05. The number of benzene rings is 1. The van der Waals surface area contributed by atoms with Gasteiger partial charge in [0, 0.05) is 12.4 Å². The van der Waals surface area contributed by atoms with Gasteiger partial charge in [-0.2, -0.15) is 0 Å². The van der Waals surface area contributed by atoms with Crippen LogP contribution < -0.4 is 4.74 Å². The topological polar surface area (TPSA) is 59.4 Å². The zero-order valence-corrected chi connectivity index (χ0v) is 12.6. The van der Waals surface area contributed by atoms with Gasteiger partial charge in [0.1, 0.15) is 5.75 Å². The third-order valence-electron chi connectivity index (χ3n) is 4.23. The fraction of sp³-hybridized carbons (Fsp3) is 0.333. The summed E-state index contributed by atoms with van der Waals surface area (Å²) in [5, 5.41) is 9.25. The van der Waals surface area contributed by atoms with Gasteiger partial charge in [-0.05, 0) is 55.4 Å². The Morgan fingerprint density at radius 1 is 1.41 bits per heavy atom. The maximum Gasteiger partial charge on any atom is 0.336 e. The first-order valence-corrected chi connectivity index (χ1v) is 7.54. The first-order chi connectivity index (χ1) is 10.6. The Hall–Kier alpha value is -2.36. The standard InChI is InChI=1S/C18H19NO3/c1-12-2-5-17-16(10-12)13(7-9-22-17)3-4-14-11-19-8-6-15(14)18(20)21/h2,5-6,8,10-11,13H,3-4,7,9H2,1H3,(H,20,21). The second kappa shape index (κ2) is 6.18. The number of rotatable bonds is 4. The van der Waals surface area contributed by atoms with E-state index in [1.54, 1.807) is 12.3 Å². The number of pyridine rings is 1. The van der Waals surface area contributed by atoms with Crippen LogP contribution in [0.1, 0.15) is 45.8 Å². The van der Waals surface area contributed by atoms with Crippen molar-refractivity contribution >= 4 is 5.97 Å². The lowest BCUT2D eigenvalue weighted by Crippen LogP contribution is -2.15. The van der Waals surface area contributed by atoms with Crippen LogP contribution in [-0.2, 0) is 6.42 Å². The highest BCUT2D eigenvalue weighted by Crippen LogP contribution is 2.37. The number of carbonyl (C=O) groups is 1. The highest BCUT2D eigenvalue weighted by molar-refractivity contribution is 5.89. The molecule has 0 amide bonds. The second-order valence-corrected chi connectivity index (χ2v) is 5.75. The average Bonchev–Trinajstić information content (AvgIpc) is 2.53. The number of hydrogen-bond acceptors (Lipinski definition) is 3. The van der Waals surface area contributed by atoms with Crippen molar-refractivity contribution in [2.24, 2.45) is 0 Å². The van der Waals surface area contributed by atoms with E-state index >= 15 is 0 Å². The summed E-state index contributed by atoms with van der Waals surface area (Å²) in [6.45, 7) is 2.80. The number of aryl methyl sites for hydroxylation is 2. The highest BCUT2D eigenvalue weighted by Gasteiger charge is 2.22. The van der Waals surface area contributed by atoms with E-state index in [9.17, 15) is 9.90 Å². The van der Waals surface area contributed by atoms with Crippen LogP contribution in [0.5, 0.6) is 5.75 Å². The highest BCUT2D eigenvalue weighted by atomic mass is 16.5. The van der Waals surface area contributed by atoms with Gasteiger partial charge >= 0.3 is 5.97 Å². The molecule has 4 nitrogen and oxygen atoms in total. The molecule has 0 aliphatic carbocycles. The van der Waals surface area contributed by atoms with Crippen LogP contribution in [-0.4, -0.2) is 22.7 Å². The minimum Gasteiger partial charge on any atom is -0.493 e. The summed E-state index contributed by atoms with van der Waals surface area (Å²) < 4.78 is 5.72. The minimum atomic E-state index is -0.888. The summed E-state index contributed by atoms with van der Waals surface area (Å²) in [6, 6.07) is 7.84. The molecular formula is C18H19NO3. The summed E-state index contributed by atoms with van der Waals surface area (Å²) in [6.07, 6.45) is 5.79. The van der Waals surface area contributed by atoms with E-state index < -0.39 is 5.97 Å². The lowest BCUT2D eigenvalue weighted by atomic mass is 9.87. The van der Waals surface area contributed by atoms with Crippen molar-refractivity contribution in [2.45, 2.75) is 32.1 Å². The van der Waals surface area contributed by atoms with E-state index in [4.69, 9.17) is 4.74 Å². The van der Waals surface area contributed by atoms with Crippen molar-refractivity contribution in [1.82, 2.24) is 4.98 Å². The second-order valence-electron chi connectivity index (χ2n) is 5.75. The molecule has 1 aromatic carbocycles. The van der Waals surface area contributed by atoms with E-state index in [0.29, 0.717) is 17.9 Å². The van der Waals surface area contributed by atoms with Crippen molar-refractivity contribution in [3.63, 3.8) is 0 Å². The third-order valence-corrected chi connectivity index (χ3v) is 4.23. The Bertz CT molecular complexity index is 696. The Morgan fingerprint density at radius 2 is 2.27 bits per heavy atom. The smallest absolute Gasteiger partial charge is 0.336 e. The molecule has 4 heteroatoms. The van der Waals surface area contributed by atoms with Gasteiger partial charge in [-0.3, -0.25) is 4.98 Å². The maximum absolute atomic E-state index is 11.3. The predicted octanol–water partition coefficient (Wildman–Crippen LogP) is 3.59. The van der Waals surface area contributed by atoms with Crippen LogP contribution in [0.2, 0.25) is 0 Å². The molecule has 1 unspecified atom stereocenters. The van der Waals surface area contributed by atoms with Crippen molar-refractivity contribution < 1.29 is 14.6 Å². The van der Waals surface area contributed by atoms with E-state index in [1.807, 2.05) is 6.07 Å². The third kappa shape index (κ3) is 2.96. The molecule has 0 radical (unpaired) electrons. The van der Waals surface area contributed by atoms with Gasteiger partial charge < -0.3 is 9.84 Å². The van der Waals surface area contributed by atoms with E-state index in [-0.39, 0.29) is 0 Å². The Balaban J connectivity index is 1.79. The quantitative estimate of drug-likeness (QED) is 0.937. The molecule has 2 heterocycles. The molecule has 22 heavy (non-hydrogen) atoms. The maximum atomic E-state index is 11.3. The van der Waals surface area contributed by atoms with Crippen molar-refractivity contribution in [1.29, 1.82) is 0 Å². The summed E-state index contributed by atoms with van der Waals surface area (Å²) >= 11 is 0. The molecule has 0 fully saturated rings. The molecule has 0 saturated carbocycles. The lowest BCUT2D eigenvalue weighted by molar-refractivity contribution is 0.0695. The number of ether oxygens (including phenoxy) is 1. The minimum absolute atomic E-state index is 0.353. The summed E-state index contributed by atoms with van der Waals surface area (Å²) in [5.74, 6) is 0.484. The Morgan fingerprint density at radius 3 is 3.09 bits per heavy atom. The van der Waals surface area contributed by atoms with Gasteiger partial charge in [-0.25, -0.2) is 4.79 Å². The van der Waals surface area contributed by atoms with Crippen molar-refractivity contribution in [3.05, 3.63) is 58.9 Å². The zero-order chi connectivity index (χ0) is 15.5. The number of nitrogens with zero attached hydrogens (tertiary/aromatic N) is 1. The molecule has 0 bridgehead atoms. The molecule has 0 saturated heterocycles. The molecule has 2 aromatic rings. The summed E-state index contributed by atoms with van der Waals surface area (Å²) in [5.41, 5.74) is 3.62. The monoisotopic (exact) mass is 297 g/mol. The summed E-state index contributed by atoms with van der Waals surface area (Å²) in [4.78, 5) is 15.3. The first-order valence-electron chi connectivity index (χ1n) is 7.54. The average molecular weight is 297 g/mol. The number of fused-ring (bicyclic) bond motifs is 1. The van der Waals surface area contributed by atoms with Crippen molar-refractivity contribution in [2.75, 3.05) is 6.61 Å². The van der Waals surface area contributed by atoms with Crippen molar-refractivity contribution in [3.8, 4) is 5.75 Å². The zero-order valence-electron chi connectivity index (χ0n) is 12.6. The van der Waals surface area contributed by atoms with Crippen LogP contribution in [0.25, 0.3) is 0 Å². The fourth-order valence-corrected chi connectivity index (χ4v) is 3.05. The molecule has 1 atom stereocenters. The van der Waals surface area contributed by atoms with Crippen LogP contribution in [0.4, 0.5) is 0 Å². The molecule has 3 rings (SSSR count). The normalized spacial score (nSPS) is 16.7. The largest absolute Gasteiger partial charge is 0.493 e. The lowest BCUT2D eigenvalue weighted by Gasteiger charge is -2.26. The van der Waals surface area contributed by atoms with Gasteiger partial charge in [0.25, 0.3) is 0 Å². The van der Waals surface area contributed by atoms with Gasteiger partial charge in [0.2, 0.25) is 0 Å². The van der Waals surface area contributed by atoms with E-state index in [1.165, 1.54) is 17.3 Å².